The molecule has 1 aromatic heterocycles. The number of hydrogen-bond donors (Lipinski definition) is 3. The Hall–Kier alpha value is -3.11. The number of aryl methyl sites for hydroxylation is 1. The Bertz CT molecular complexity index is 1060. The Labute approximate surface area is 203 Å². The van der Waals surface area contributed by atoms with Gasteiger partial charge in [-0.05, 0) is 43.0 Å². The summed E-state index contributed by atoms with van der Waals surface area (Å²) < 4.78 is 30.4. The number of amides is 2. The van der Waals surface area contributed by atoms with Crippen molar-refractivity contribution in [1.82, 2.24) is 15.2 Å². The van der Waals surface area contributed by atoms with Crippen LogP contribution in [0.1, 0.15) is 43.5 Å². The summed E-state index contributed by atoms with van der Waals surface area (Å²) in [5.41, 5.74) is 1.16. The second-order valence-corrected chi connectivity index (χ2v) is 9.18. The zero-order chi connectivity index (χ0) is 25.8. The van der Waals surface area contributed by atoms with Gasteiger partial charge in [-0.15, -0.1) is 0 Å². The Morgan fingerprint density at radius 1 is 1.17 bits per heavy atom. The van der Waals surface area contributed by atoms with Gasteiger partial charge in [0, 0.05) is 24.8 Å². The molecule has 2 amide bonds. The van der Waals surface area contributed by atoms with Crippen LogP contribution in [-0.2, 0) is 15.0 Å². The molecule has 1 aliphatic heterocycles. The van der Waals surface area contributed by atoms with Gasteiger partial charge in [0.25, 0.3) is 0 Å². The molecule has 1 aliphatic rings. The zero-order valence-electron chi connectivity index (χ0n) is 20.3. The van der Waals surface area contributed by atoms with Crippen molar-refractivity contribution in [2.75, 3.05) is 31.6 Å². The molecule has 3 N–H and O–H groups in total. The lowest BCUT2D eigenvalue weighted by atomic mass is 9.69. The summed E-state index contributed by atoms with van der Waals surface area (Å²) >= 11 is 0. The Kier molecular flexibility index (Phi) is 8.39. The molecule has 1 atom stereocenters. The van der Waals surface area contributed by atoms with E-state index in [4.69, 9.17) is 0 Å². The number of hydrogen-bond acceptors (Lipinski definition) is 6. The molecule has 35 heavy (non-hydrogen) atoms. The summed E-state index contributed by atoms with van der Waals surface area (Å²) in [6.45, 7) is 4.51. The van der Waals surface area contributed by atoms with Crippen LogP contribution < -0.4 is 15.4 Å². The number of pyridine rings is 1. The van der Waals surface area contributed by atoms with Gasteiger partial charge in [-0.25, -0.2) is 4.98 Å². The fourth-order valence-electron chi connectivity index (χ4n) is 4.14. The van der Waals surface area contributed by atoms with Gasteiger partial charge >= 0.3 is 6.61 Å². The monoisotopic (exact) mass is 490 g/mol. The van der Waals surface area contributed by atoms with Crippen molar-refractivity contribution in [3.8, 4) is 5.88 Å². The number of nitrogens with one attached hydrogen (secondary N) is 2. The van der Waals surface area contributed by atoms with Gasteiger partial charge in [-0.3, -0.25) is 9.59 Å². The van der Waals surface area contributed by atoms with Gasteiger partial charge in [-0.2, -0.15) is 8.78 Å². The smallest absolute Gasteiger partial charge is 0.388 e. The first-order valence-corrected chi connectivity index (χ1v) is 11.5. The first kappa shape index (κ1) is 26.5. The number of carbonyl (C=O) groups excluding carboxylic acids is 2. The number of benzene rings is 1. The highest BCUT2D eigenvalue weighted by atomic mass is 19.3. The van der Waals surface area contributed by atoms with E-state index < -0.39 is 17.9 Å². The topological polar surface area (TPSA) is 104 Å². The minimum Gasteiger partial charge on any atom is -0.415 e. The average molecular weight is 491 g/mol. The van der Waals surface area contributed by atoms with E-state index >= 15 is 0 Å². The lowest BCUT2D eigenvalue weighted by Crippen LogP contribution is -2.67. The van der Waals surface area contributed by atoms with Crippen molar-refractivity contribution in [2.24, 2.45) is 0 Å². The molecule has 10 heteroatoms. The molecule has 190 valence electrons. The maximum atomic E-state index is 13.7. The molecule has 0 saturated carbocycles. The molecule has 0 aliphatic carbocycles. The molecule has 1 fully saturated rings. The van der Waals surface area contributed by atoms with E-state index in [2.05, 4.69) is 20.4 Å². The number of anilines is 1. The average Bonchev–Trinajstić information content (AvgIpc) is 2.78. The van der Waals surface area contributed by atoms with Crippen molar-refractivity contribution in [3.05, 3.63) is 53.2 Å². The van der Waals surface area contributed by atoms with Crippen molar-refractivity contribution < 1.29 is 28.2 Å². The minimum atomic E-state index is -3.10. The number of ether oxygens (including phenoxy) is 1. The summed E-state index contributed by atoms with van der Waals surface area (Å²) in [6, 6.07) is 10.4. The number of rotatable bonds is 10. The predicted octanol–water partition coefficient (Wildman–Crippen LogP) is 2.80. The molecule has 2 heterocycles. The van der Waals surface area contributed by atoms with E-state index in [1.54, 1.807) is 24.8 Å². The van der Waals surface area contributed by atoms with Crippen LogP contribution in [0, 0.1) is 6.92 Å². The van der Waals surface area contributed by atoms with Crippen LogP contribution in [0.3, 0.4) is 0 Å². The van der Waals surface area contributed by atoms with Crippen molar-refractivity contribution in [3.63, 3.8) is 0 Å². The van der Waals surface area contributed by atoms with Crippen molar-refractivity contribution >= 4 is 17.5 Å². The highest BCUT2D eigenvalue weighted by Crippen LogP contribution is 2.40. The first-order valence-electron chi connectivity index (χ1n) is 11.5. The summed E-state index contributed by atoms with van der Waals surface area (Å²) in [7, 11) is 0. The lowest BCUT2D eigenvalue weighted by molar-refractivity contribution is -0.143. The number of aliphatic hydroxyl groups is 1. The fraction of sp³-hybridized carbons (Fsp3) is 0.480. The van der Waals surface area contributed by atoms with Crippen molar-refractivity contribution in [2.45, 2.75) is 51.7 Å². The SMILES string of the molecule is Cc1ccc(NC(=O)C2(c3ccccc3C(C)C)CN(C(=O)CN[C@H](C)CO)C2)c(OC(F)F)n1. The summed E-state index contributed by atoms with van der Waals surface area (Å²) in [5.74, 6) is -0.882. The van der Waals surface area contributed by atoms with E-state index in [9.17, 15) is 23.5 Å². The van der Waals surface area contributed by atoms with Gasteiger partial charge in [0.2, 0.25) is 17.7 Å². The highest BCUT2D eigenvalue weighted by molar-refractivity contribution is 6.02. The molecule has 2 aromatic rings. The summed E-state index contributed by atoms with van der Waals surface area (Å²) in [5, 5.41) is 14.8. The number of aliphatic hydroxyl groups excluding tert-OH is 1. The molecule has 0 spiro atoms. The number of halogens is 2. The fourth-order valence-corrected chi connectivity index (χ4v) is 4.14. The number of likely N-dealkylation sites (tertiary alicyclic amines) is 1. The van der Waals surface area contributed by atoms with E-state index in [1.165, 1.54) is 6.07 Å². The van der Waals surface area contributed by atoms with Gasteiger partial charge in [0.1, 0.15) is 11.1 Å². The van der Waals surface area contributed by atoms with Crippen LogP contribution >= 0.6 is 0 Å². The van der Waals surface area contributed by atoms with Crippen LogP contribution in [0.25, 0.3) is 0 Å². The Morgan fingerprint density at radius 2 is 1.86 bits per heavy atom. The second kappa shape index (κ2) is 11.1. The number of nitrogens with zero attached hydrogens (tertiary/aromatic N) is 2. The third-order valence-corrected chi connectivity index (χ3v) is 6.13. The van der Waals surface area contributed by atoms with Crippen LogP contribution in [0.15, 0.2) is 36.4 Å². The van der Waals surface area contributed by atoms with Gasteiger partial charge < -0.3 is 25.4 Å². The quantitative estimate of drug-likeness (QED) is 0.473. The highest BCUT2D eigenvalue weighted by Gasteiger charge is 2.53. The van der Waals surface area contributed by atoms with Crippen molar-refractivity contribution in [1.29, 1.82) is 0 Å². The first-order chi connectivity index (χ1) is 16.6. The molecule has 0 radical (unpaired) electrons. The summed E-state index contributed by atoms with van der Waals surface area (Å²) in [4.78, 5) is 32.0. The second-order valence-electron chi connectivity index (χ2n) is 9.18. The zero-order valence-corrected chi connectivity index (χ0v) is 20.3. The van der Waals surface area contributed by atoms with Crippen LogP contribution in [-0.4, -0.2) is 65.7 Å². The van der Waals surface area contributed by atoms with E-state index in [0.717, 1.165) is 11.1 Å². The third-order valence-electron chi connectivity index (χ3n) is 6.13. The van der Waals surface area contributed by atoms with E-state index in [0.29, 0.717) is 5.69 Å². The maximum absolute atomic E-state index is 13.7. The Balaban J connectivity index is 1.91. The Morgan fingerprint density at radius 3 is 2.49 bits per heavy atom. The van der Waals surface area contributed by atoms with E-state index in [-0.39, 0.29) is 55.7 Å². The molecule has 0 unspecified atom stereocenters. The number of alkyl halides is 2. The number of aromatic nitrogens is 1. The lowest BCUT2D eigenvalue weighted by Gasteiger charge is -2.50. The van der Waals surface area contributed by atoms with Crippen LogP contribution in [0.5, 0.6) is 5.88 Å². The molecular formula is C25H32F2N4O4. The van der Waals surface area contributed by atoms with Crippen LogP contribution in [0.4, 0.5) is 14.5 Å². The largest absolute Gasteiger partial charge is 0.415 e. The minimum absolute atomic E-state index is 0.0273. The van der Waals surface area contributed by atoms with E-state index in [1.807, 2.05) is 38.1 Å². The molecule has 0 bridgehead atoms. The number of carbonyl (C=O) groups is 2. The molecule has 3 rings (SSSR count). The molecular weight excluding hydrogens is 458 g/mol. The standard InChI is InChI=1S/C25H32F2N4O4/c1-15(2)18-7-5-6-8-19(18)25(13-31(14-25)21(33)11-28-17(4)12-32)23(34)30-20-10-9-16(3)29-22(20)35-24(26)27/h5-10,15,17,24,28,32H,11-14H2,1-4H3,(H,30,34)/t17-/m1/s1. The normalized spacial score (nSPS) is 15.6. The van der Waals surface area contributed by atoms with Gasteiger partial charge in [0.05, 0.1) is 13.2 Å². The molecule has 1 aromatic carbocycles. The predicted molar refractivity (Wildman–Crippen MR) is 128 cm³/mol. The maximum Gasteiger partial charge on any atom is 0.388 e. The van der Waals surface area contributed by atoms with Gasteiger partial charge in [-0.1, -0.05) is 38.1 Å². The van der Waals surface area contributed by atoms with Crippen LogP contribution in [0.2, 0.25) is 0 Å². The molecule has 1 saturated heterocycles. The van der Waals surface area contributed by atoms with Gasteiger partial charge in [0.15, 0.2) is 0 Å². The third kappa shape index (κ3) is 5.94. The summed E-state index contributed by atoms with van der Waals surface area (Å²) in [6.07, 6.45) is 0. The molecule has 8 nitrogen and oxygen atoms in total.